The molecule has 2 aliphatic heterocycles. The van der Waals surface area contributed by atoms with Crippen LogP contribution in [0.25, 0.3) is 0 Å². The quantitative estimate of drug-likeness (QED) is 0.891. The topological polar surface area (TPSA) is 55.6 Å². The molecule has 21 heavy (non-hydrogen) atoms. The van der Waals surface area contributed by atoms with E-state index in [9.17, 15) is 4.79 Å². The zero-order valence-electron chi connectivity index (χ0n) is 11.1. The minimum Gasteiger partial charge on any atom is -0.455 e. The van der Waals surface area contributed by atoms with Crippen LogP contribution in [-0.4, -0.2) is 23.1 Å². The first-order valence-corrected chi connectivity index (χ1v) is 8.14. The van der Waals surface area contributed by atoms with Gasteiger partial charge in [0, 0.05) is 33.1 Å². The molecule has 0 aliphatic carbocycles. The first-order chi connectivity index (χ1) is 10.1. The van der Waals surface area contributed by atoms with Crippen LogP contribution in [0.4, 0.5) is 0 Å². The second-order valence-corrected chi connectivity index (χ2v) is 6.59. The Labute approximate surface area is 135 Å². The Morgan fingerprint density at radius 1 is 1.33 bits per heavy atom. The van der Waals surface area contributed by atoms with E-state index in [0.717, 1.165) is 32.2 Å². The second-order valence-electron chi connectivity index (χ2n) is 4.61. The van der Waals surface area contributed by atoms with E-state index < -0.39 is 0 Å². The van der Waals surface area contributed by atoms with Crippen molar-refractivity contribution in [1.82, 2.24) is 4.90 Å². The fourth-order valence-electron chi connectivity index (χ4n) is 2.11. The van der Waals surface area contributed by atoms with E-state index in [1.807, 2.05) is 36.7 Å². The van der Waals surface area contributed by atoms with Crippen molar-refractivity contribution < 1.29 is 9.53 Å². The van der Waals surface area contributed by atoms with Crippen LogP contribution in [0.15, 0.2) is 63.5 Å². The van der Waals surface area contributed by atoms with E-state index in [0.29, 0.717) is 0 Å². The summed E-state index contributed by atoms with van der Waals surface area (Å²) in [4.78, 5) is 14.0. The highest BCUT2D eigenvalue weighted by Gasteiger charge is 2.24. The number of thioether (sulfide) groups is 1. The molecule has 3 rings (SSSR count). The number of fused-ring (bicyclic) bond motifs is 1. The molecule has 2 N–H and O–H groups in total. The van der Waals surface area contributed by atoms with E-state index in [1.165, 1.54) is 0 Å². The predicted molar refractivity (Wildman–Crippen MR) is 87.4 cm³/mol. The zero-order chi connectivity index (χ0) is 14.8. The van der Waals surface area contributed by atoms with Crippen LogP contribution in [0.5, 0.6) is 5.75 Å². The zero-order valence-corrected chi connectivity index (χ0v) is 13.5. The van der Waals surface area contributed by atoms with Crippen molar-refractivity contribution in [2.24, 2.45) is 5.73 Å². The van der Waals surface area contributed by atoms with Gasteiger partial charge in [-0.25, -0.2) is 0 Å². The summed E-state index contributed by atoms with van der Waals surface area (Å²) >= 11 is 5.12. The van der Waals surface area contributed by atoms with Crippen molar-refractivity contribution in [3.63, 3.8) is 0 Å². The molecule has 0 bridgehead atoms. The average molecular weight is 365 g/mol. The molecule has 108 valence electrons. The highest BCUT2D eigenvalue weighted by Crippen LogP contribution is 2.39. The molecule has 0 unspecified atom stereocenters. The molecular formula is C15H13BrN2O2S. The largest absolute Gasteiger partial charge is 0.455 e. The van der Waals surface area contributed by atoms with Gasteiger partial charge in [-0.15, -0.1) is 11.8 Å². The maximum atomic E-state index is 11.1. The summed E-state index contributed by atoms with van der Waals surface area (Å²) in [5.41, 5.74) is 6.34. The van der Waals surface area contributed by atoms with Gasteiger partial charge >= 0.3 is 0 Å². The van der Waals surface area contributed by atoms with Gasteiger partial charge in [-0.1, -0.05) is 22.0 Å². The molecule has 6 heteroatoms. The lowest BCUT2D eigenvalue weighted by Crippen LogP contribution is -2.28. The number of carbonyl (C=O) groups is 1. The van der Waals surface area contributed by atoms with Crippen LogP contribution < -0.4 is 10.5 Å². The number of carbonyl (C=O) groups excluding carboxylic acids is 1. The van der Waals surface area contributed by atoms with Gasteiger partial charge < -0.3 is 15.4 Å². The van der Waals surface area contributed by atoms with Gasteiger partial charge in [-0.2, -0.15) is 0 Å². The molecule has 1 aromatic rings. The van der Waals surface area contributed by atoms with E-state index in [1.54, 1.807) is 16.7 Å². The standard InChI is InChI=1S/C15H13BrN2O2S/c16-10-1-3-11(4-2-10)20-13-7-18(9-15(17)19)8-14-12(13)5-6-21-14/h1-5,7-8H,6,9H2,(H2,17,19). The number of benzene rings is 1. The van der Waals surface area contributed by atoms with Crippen LogP contribution in [0.1, 0.15) is 0 Å². The minimum atomic E-state index is -0.374. The Morgan fingerprint density at radius 2 is 2.10 bits per heavy atom. The number of rotatable bonds is 4. The number of halogens is 1. The highest BCUT2D eigenvalue weighted by atomic mass is 79.9. The molecule has 4 nitrogen and oxygen atoms in total. The number of hydrogen-bond donors (Lipinski definition) is 1. The minimum absolute atomic E-state index is 0.143. The van der Waals surface area contributed by atoms with Crippen molar-refractivity contribution in [2.75, 3.05) is 12.3 Å². The predicted octanol–water partition coefficient (Wildman–Crippen LogP) is 2.98. The fraction of sp³-hybridized carbons (Fsp3) is 0.133. The molecule has 0 atom stereocenters. The number of ether oxygens (including phenoxy) is 1. The van der Waals surface area contributed by atoms with Gasteiger partial charge in [0.05, 0.1) is 0 Å². The van der Waals surface area contributed by atoms with Gasteiger partial charge in [-0.05, 0) is 24.3 Å². The molecule has 0 saturated carbocycles. The lowest BCUT2D eigenvalue weighted by atomic mass is 10.1. The van der Waals surface area contributed by atoms with Crippen LogP contribution >= 0.6 is 27.7 Å². The average Bonchev–Trinajstić information content (AvgIpc) is 2.89. The summed E-state index contributed by atoms with van der Waals surface area (Å²) in [6, 6.07) is 7.64. The molecule has 2 aliphatic rings. The van der Waals surface area contributed by atoms with Crippen molar-refractivity contribution >= 4 is 33.6 Å². The lowest BCUT2D eigenvalue weighted by Gasteiger charge is -2.23. The normalized spacial score (nSPS) is 16.8. The highest BCUT2D eigenvalue weighted by molar-refractivity contribution is 9.10. The maximum absolute atomic E-state index is 11.1. The first kappa shape index (κ1) is 14.3. The molecular weight excluding hydrogens is 352 g/mol. The second kappa shape index (κ2) is 5.99. The van der Waals surface area contributed by atoms with Gasteiger partial charge in [0.2, 0.25) is 5.91 Å². The smallest absolute Gasteiger partial charge is 0.237 e. The van der Waals surface area contributed by atoms with Crippen molar-refractivity contribution in [2.45, 2.75) is 0 Å². The van der Waals surface area contributed by atoms with Gasteiger partial charge in [0.1, 0.15) is 12.3 Å². The van der Waals surface area contributed by atoms with Gasteiger partial charge in [-0.3, -0.25) is 4.79 Å². The summed E-state index contributed by atoms with van der Waals surface area (Å²) in [5, 5.41) is 0. The molecule has 1 amide bonds. The van der Waals surface area contributed by atoms with E-state index >= 15 is 0 Å². The van der Waals surface area contributed by atoms with Gasteiger partial charge in [0.15, 0.2) is 5.76 Å². The maximum Gasteiger partial charge on any atom is 0.237 e. The summed E-state index contributed by atoms with van der Waals surface area (Å²) in [6.07, 6.45) is 5.87. The number of nitrogens with zero attached hydrogens (tertiary/aromatic N) is 1. The Balaban J connectivity index is 1.85. The number of nitrogens with two attached hydrogens (primary N) is 1. The van der Waals surface area contributed by atoms with E-state index in [4.69, 9.17) is 10.5 Å². The molecule has 1 aromatic carbocycles. The number of primary amides is 1. The molecule has 0 spiro atoms. The van der Waals surface area contributed by atoms with Crippen molar-refractivity contribution in [3.05, 3.63) is 63.5 Å². The van der Waals surface area contributed by atoms with Gasteiger partial charge in [0.25, 0.3) is 0 Å². The summed E-state index contributed by atoms with van der Waals surface area (Å²) in [7, 11) is 0. The van der Waals surface area contributed by atoms with E-state index in [-0.39, 0.29) is 12.5 Å². The molecule has 0 fully saturated rings. The molecule has 0 radical (unpaired) electrons. The summed E-state index contributed by atoms with van der Waals surface area (Å²) in [5.74, 6) is 2.03. The lowest BCUT2D eigenvalue weighted by molar-refractivity contribution is -0.118. The van der Waals surface area contributed by atoms with Crippen LogP contribution in [0.3, 0.4) is 0 Å². The fourth-order valence-corrected chi connectivity index (χ4v) is 3.36. The van der Waals surface area contributed by atoms with Crippen LogP contribution in [-0.2, 0) is 4.79 Å². The monoisotopic (exact) mass is 364 g/mol. The molecule has 0 aromatic heterocycles. The van der Waals surface area contributed by atoms with E-state index in [2.05, 4.69) is 22.0 Å². The third-order valence-electron chi connectivity index (χ3n) is 3.00. The molecule has 0 saturated heterocycles. The Bertz CT molecular complexity index is 665. The Kier molecular flexibility index (Phi) is 4.07. The molecule has 2 heterocycles. The van der Waals surface area contributed by atoms with Crippen molar-refractivity contribution in [3.8, 4) is 5.75 Å². The Morgan fingerprint density at radius 3 is 2.81 bits per heavy atom. The summed E-state index contributed by atoms with van der Waals surface area (Å²) in [6.45, 7) is 0.143. The summed E-state index contributed by atoms with van der Waals surface area (Å²) < 4.78 is 6.96. The Hall–Kier alpha value is -1.66. The SMILES string of the molecule is NC(=O)CN1C=C(Oc2ccc(Br)cc2)C2=CCSC2=C1. The van der Waals surface area contributed by atoms with Crippen molar-refractivity contribution in [1.29, 1.82) is 0 Å². The number of hydrogen-bond acceptors (Lipinski definition) is 4. The first-order valence-electron chi connectivity index (χ1n) is 6.36. The third-order valence-corrected chi connectivity index (χ3v) is 4.50. The van der Waals surface area contributed by atoms with Crippen LogP contribution in [0, 0.1) is 0 Å². The number of allylic oxidation sites excluding steroid dienone is 1. The van der Waals surface area contributed by atoms with Crippen LogP contribution in [0.2, 0.25) is 0 Å². The third kappa shape index (κ3) is 3.33. The number of amides is 1.